The molecule has 0 saturated heterocycles. The van der Waals surface area contributed by atoms with Gasteiger partial charge in [0.15, 0.2) is 0 Å². The number of carbonyl (C=O) groups excluding carboxylic acids is 2. The maximum atomic E-state index is 15.2. The molecule has 3 unspecified atom stereocenters. The van der Waals surface area contributed by atoms with Crippen molar-refractivity contribution in [2.45, 2.75) is 70.9 Å². The average Bonchev–Trinajstić information content (AvgIpc) is 3.68. The molecule has 2 aliphatic rings. The molecular weight excluding hydrogens is 700 g/mol. The van der Waals surface area contributed by atoms with E-state index in [9.17, 15) is 35.6 Å². The number of benzene rings is 1. The number of aromatic nitrogens is 3. The molecule has 3 atom stereocenters. The van der Waals surface area contributed by atoms with Crippen molar-refractivity contribution in [3.63, 3.8) is 0 Å². The maximum absolute atomic E-state index is 15.2. The summed E-state index contributed by atoms with van der Waals surface area (Å²) < 4.78 is 114. The van der Waals surface area contributed by atoms with E-state index in [0.29, 0.717) is 21.9 Å². The number of sulfonamides is 1. The Kier molecular flexibility index (Phi) is 10.7. The second-order valence-corrected chi connectivity index (χ2v) is 14.6. The number of halogens is 6. The molecule has 2 amide bonds. The Morgan fingerprint density at radius 1 is 1.10 bits per heavy atom. The lowest BCUT2D eigenvalue weighted by atomic mass is 9.95. The van der Waals surface area contributed by atoms with Crippen molar-refractivity contribution in [1.82, 2.24) is 24.8 Å². The quantitative estimate of drug-likeness (QED) is 0.139. The highest BCUT2D eigenvalue weighted by atomic mass is 32.2. The van der Waals surface area contributed by atoms with Crippen LogP contribution in [0, 0.1) is 23.5 Å². The third-order valence-corrected chi connectivity index (χ3v) is 9.91. The number of rotatable bonds is 14. The van der Waals surface area contributed by atoms with Gasteiger partial charge in [0, 0.05) is 35.7 Å². The van der Waals surface area contributed by atoms with E-state index in [-0.39, 0.29) is 42.0 Å². The summed E-state index contributed by atoms with van der Waals surface area (Å²) in [4.78, 5) is 29.6. The van der Waals surface area contributed by atoms with E-state index >= 15 is 8.78 Å². The molecule has 1 fully saturated rings. The van der Waals surface area contributed by atoms with Crippen molar-refractivity contribution in [2.75, 3.05) is 0 Å². The number of fused-ring (bicyclic) bond motifs is 3. The van der Waals surface area contributed by atoms with Crippen LogP contribution in [0.3, 0.4) is 0 Å². The largest absolute Gasteiger partial charge is 0.346 e. The summed E-state index contributed by atoms with van der Waals surface area (Å²) in [5.74, 6) is -8.90. The lowest BCUT2D eigenvalue weighted by Gasteiger charge is -2.22. The van der Waals surface area contributed by atoms with Crippen molar-refractivity contribution in [1.29, 1.82) is 0 Å². The van der Waals surface area contributed by atoms with Gasteiger partial charge in [0.25, 0.3) is 22.4 Å². The number of pyridine rings is 1. The highest BCUT2D eigenvalue weighted by Gasteiger charge is 2.67. The van der Waals surface area contributed by atoms with Gasteiger partial charge in [0.2, 0.25) is 11.8 Å². The molecule has 16 heteroatoms. The first-order valence-corrected chi connectivity index (χ1v) is 17.5. The van der Waals surface area contributed by atoms with Crippen LogP contribution in [0.1, 0.15) is 85.8 Å². The van der Waals surface area contributed by atoms with Gasteiger partial charge in [0.1, 0.15) is 29.6 Å². The number of carbonyl (C=O) groups is 2. The molecule has 1 aromatic carbocycles. The molecule has 2 aromatic heterocycles. The molecule has 0 spiro atoms. The summed E-state index contributed by atoms with van der Waals surface area (Å²) in [6.07, 6.45) is 2.10. The maximum Gasteiger partial charge on any atom is 0.293 e. The van der Waals surface area contributed by atoms with Gasteiger partial charge < -0.3 is 5.32 Å². The van der Waals surface area contributed by atoms with Crippen LogP contribution in [-0.2, 0) is 38.5 Å². The summed E-state index contributed by atoms with van der Waals surface area (Å²) in [5.41, 5.74) is -0.842. The van der Waals surface area contributed by atoms with Gasteiger partial charge in [-0.25, -0.2) is 30.7 Å². The van der Waals surface area contributed by atoms with E-state index < -0.39 is 86.5 Å². The fraction of sp³-hybridized carbons (Fsp3) is 0.371. The van der Waals surface area contributed by atoms with Gasteiger partial charge in [-0.2, -0.15) is 13.9 Å². The smallest absolute Gasteiger partial charge is 0.293 e. The predicted octanol–water partition coefficient (Wildman–Crippen LogP) is 6.77. The first-order chi connectivity index (χ1) is 23.9. The minimum atomic E-state index is -4.29. The van der Waals surface area contributed by atoms with E-state index in [1.54, 1.807) is 39.0 Å². The molecule has 0 radical (unpaired) electrons. The van der Waals surface area contributed by atoms with E-state index in [2.05, 4.69) is 22.0 Å². The second kappa shape index (κ2) is 14.5. The number of allylic oxidation sites excluding steroid dienone is 4. The lowest BCUT2D eigenvalue weighted by molar-refractivity contribution is -0.123. The Hall–Kier alpha value is -4.73. The lowest BCUT2D eigenvalue weighted by Crippen LogP contribution is -2.35. The average molecular weight is 736 g/mol. The number of nitrogens with one attached hydrogen (secondary N) is 2. The molecule has 51 heavy (non-hydrogen) atoms. The van der Waals surface area contributed by atoms with Gasteiger partial charge >= 0.3 is 0 Å². The fourth-order valence-electron chi connectivity index (χ4n) is 6.31. The molecule has 5 rings (SSSR count). The summed E-state index contributed by atoms with van der Waals surface area (Å²) in [6.45, 7) is 7.81. The SMILES string of the molecule is C=C(C=CC(=CC)c1cccnc1C(Cc1cc(F)cc(F)c1)NC(=O)Cn1nc(C(F)F)c2c1C(F)(F)C1CC21)S(=O)(=O)NC(=O)CC(C)C. The third-order valence-electron chi connectivity index (χ3n) is 8.58. The minimum Gasteiger partial charge on any atom is -0.346 e. The van der Waals surface area contributed by atoms with Gasteiger partial charge in [-0.15, -0.1) is 0 Å². The van der Waals surface area contributed by atoms with Crippen LogP contribution < -0.4 is 10.0 Å². The molecule has 0 bridgehead atoms. The molecule has 0 aliphatic heterocycles. The highest BCUT2D eigenvalue weighted by Crippen LogP contribution is 2.68. The molecule has 9 nitrogen and oxygen atoms in total. The van der Waals surface area contributed by atoms with Crippen molar-refractivity contribution in [3.8, 4) is 0 Å². The van der Waals surface area contributed by atoms with E-state index in [1.165, 1.54) is 12.3 Å². The van der Waals surface area contributed by atoms with Crippen molar-refractivity contribution >= 4 is 27.4 Å². The topological polar surface area (TPSA) is 123 Å². The Morgan fingerprint density at radius 3 is 2.41 bits per heavy atom. The van der Waals surface area contributed by atoms with Crippen LogP contribution in [0.4, 0.5) is 26.3 Å². The zero-order valence-electron chi connectivity index (χ0n) is 27.8. The number of amides is 2. The number of hydrogen-bond donors (Lipinski definition) is 2. The number of hydrogen-bond acceptors (Lipinski definition) is 6. The molecule has 1 saturated carbocycles. The first kappa shape index (κ1) is 37.5. The van der Waals surface area contributed by atoms with E-state index in [1.807, 2.05) is 4.72 Å². The molecule has 3 aromatic rings. The van der Waals surface area contributed by atoms with Gasteiger partial charge in [-0.1, -0.05) is 38.6 Å². The van der Waals surface area contributed by atoms with Crippen molar-refractivity contribution in [2.24, 2.45) is 11.8 Å². The van der Waals surface area contributed by atoms with Crippen molar-refractivity contribution in [3.05, 3.63) is 112 Å². The standard InChI is InChI=1S/C35H35F6N5O4S/c1-5-21(9-8-19(4)51(49,50)45-28(47)11-18(2)3)24-7-6-10-42-31(24)27(14-20-12-22(36)15-23(37)13-20)43-29(48)17-46-33-30(32(44-46)34(38)39)25-16-26(25)35(33,40)41/h5-10,12-13,15,18,25-27,34H,4,11,14,16-17H2,1-3H3,(H,43,48)(H,45,47). The molecule has 2 heterocycles. The third kappa shape index (κ3) is 8.10. The monoisotopic (exact) mass is 735 g/mol. The van der Waals surface area contributed by atoms with Crippen LogP contribution in [-0.4, -0.2) is 35.0 Å². The molecular formula is C35H35F6N5O4S. The van der Waals surface area contributed by atoms with E-state index in [4.69, 9.17) is 0 Å². The number of nitrogens with zero attached hydrogens (tertiary/aromatic N) is 3. The summed E-state index contributed by atoms with van der Waals surface area (Å²) >= 11 is 0. The zero-order valence-corrected chi connectivity index (χ0v) is 28.6. The molecule has 272 valence electrons. The highest BCUT2D eigenvalue weighted by molar-refractivity contribution is 7.94. The summed E-state index contributed by atoms with van der Waals surface area (Å²) in [7, 11) is -4.29. The predicted molar refractivity (Wildman–Crippen MR) is 176 cm³/mol. The summed E-state index contributed by atoms with van der Waals surface area (Å²) in [6, 6.07) is 4.67. The first-order valence-electron chi connectivity index (χ1n) is 16.0. The van der Waals surface area contributed by atoms with Crippen LogP contribution >= 0.6 is 0 Å². The Morgan fingerprint density at radius 2 is 1.78 bits per heavy atom. The molecule has 2 aliphatic carbocycles. The second-order valence-electron chi connectivity index (χ2n) is 12.9. The Balaban J connectivity index is 1.46. The molecule has 2 N–H and O–H groups in total. The van der Waals surface area contributed by atoms with Gasteiger partial charge in [0.05, 0.1) is 16.6 Å². The minimum absolute atomic E-state index is 0.0303. The summed E-state index contributed by atoms with van der Waals surface area (Å²) in [5, 5.41) is 6.33. The van der Waals surface area contributed by atoms with Gasteiger partial charge in [-0.05, 0) is 67.0 Å². The fourth-order valence-corrected chi connectivity index (χ4v) is 7.08. The number of alkyl halides is 4. The van der Waals surface area contributed by atoms with Crippen LogP contribution in [0.15, 0.2) is 66.2 Å². The Bertz CT molecular complexity index is 2020. The van der Waals surface area contributed by atoms with E-state index in [0.717, 1.165) is 18.2 Å². The van der Waals surface area contributed by atoms with Crippen LogP contribution in [0.25, 0.3) is 5.57 Å². The van der Waals surface area contributed by atoms with Crippen LogP contribution in [0.2, 0.25) is 0 Å². The van der Waals surface area contributed by atoms with Crippen molar-refractivity contribution < 1.29 is 44.3 Å². The normalized spacial score (nSPS) is 18.5. The van der Waals surface area contributed by atoms with Crippen LogP contribution in [0.5, 0.6) is 0 Å². The van der Waals surface area contributed by atoms with Gasteiger partial charge in [-0.3, -0.25) is 19.3 Å². The Labute approximate surface area is 290 Å². The zero-order chi connectivity index (χ0) is 37.4.